The fraction of sp³-hybridized carbons (Fsp3) is 0.267. The van der Waals surface area contributed by atoms with Gasteiger partial charge in [-0.15, -0.1) is 0 Å². The molecule has 0 fully saturated rings. The topological polar surface area (TPSA) is 91.2 Å². The van der Waals surface area contributed by atoms with E-state index in [4.69, 9.17) is 10.00 Å². The van der Waals surface area contributed by atoms with Crippen LogP contribution in [0, 0.1) is 11.3 Å². The van der Waals surface area contributed by atoms with Crippen LogP contribution in [0.1, 0.15) is 17.3 Å². The lowest BCUT2D eigenvalue weighted by Gasteiger charge is -2.30. The van der Waals surface area contributed by atoms with Crippen molar-refractivity contribution in [2.75, 3.05) is 7.11 Å². The molecule has 0 spiro atoms. The van der Waals surface area contributed by atoms with Gasteiger partial charge < -0.3 is 15.4 Å². The lowest BCUT2D eigenvalue weighted by atomic mass is 9.90. The number of hydrogen-bond acceptors (Lipinski definition) is 4. The molecular weight excluding hydrogens is 327 g/mol. The van der Waals surface area contributed by atoms with Crippen LogP contribution in [-0.2, 0) is 4.79 Å². The zero-order valence-electron chi connectivity index (χ0n) is 12.6. The van der Waals surface area contributed by atoms with Crippen LogP contribution in [0.2, 0.25) is 0 Å². The molecule has 0 aliphatic carbocycles. The Bertz CT molecular complexity index is 780. The molecule has 2 amide bonds. The molecule has 1 atom stereocenters. The Labute approximate surface area is 134 Å². The van der Waals surface area contributed by atoms with Gasteiger partial charge in [0.1, 0.15) is 5.75 Å². The Morgan fingerprint density at radius 1 is 1.42 bits per heavy atom. The molecule has 126 valence electrons. The van der Waals surface area contributed by atoms with E-state index in [1.165, 1.54) is 37.4 Å². The molecule has 1 aliphatic rings. The Morgan fingerprint density at radius 2 is 2.08 bits per heavy atom. The number of rotatable bonds is 3. The maximum atomic E-state index is 13.6. The van der Waals surface area contributed by atoms with Gasteiger partial charge in [-0.3, -0.25) is 9.59 Å². The number of nitrogens with one attached hydrogen (secondary N) is 2. The quantitative estimate of drug-likeness (QED) is 0.876. The third-order valence-electron chi connectivity index (χ3n) is 3.56. The average Bonchev–Trinajstić information content (AvgIpc) is 2.77. The first-order valence-corrected chi connectivity index (χ1v) is 6.63. The van der Waals surface area contributed by atoms with E-state index < -0.39 is 29.1 Å². The number of methoxy groups -OCH3 is 1. The lowest BCUT2D eigenvalue weighted by Crippen LogP contribution is -2.64. The van der Waals surface area contributed by atoms with E-state index >= 15 is 0 Å². The van der Waals surface area contributed by atoms with Gasteiger partial charge in [-0.1, -0.05) is 6.07 Å². The summed E-state index contributed by atoms with van der Waals surface area (Å²) in [5, 5.41) is 12.7. The van der Waals surface area contributed by atoms with Crippen LogP contribution in [0.5, 0.6) is 5.75 Å². The summed E-state index contributed by atoms with van der Waals surface area (Å²) in [6.45, 7) is 1.15. The van der Waals surface area contributed by atoms with Gasteiger partial charge in [0.15, 0.2) is 0 Å². The van der Waals surface area contributed by atoms with Gasteiger partial charge in [0.25, 0.3) is 17.4 Å². The molecule has 0 radical (unpaired) electrons. The molecule has 0 bridgehead atoms. The first-order chi connectivity index (χ1) is 11.2. The minimum atomic E-state index is -5.20. The molecule has 0 saturated heterocycles. The van der Waals surface area contributed by atoms with Crippen molar-refractivity contribution in [1.82, 2.24) is 10.6 Å². The summed E-state index contributed by atoms with van der Waals surface area (Å²) in [4.78, 5) is 24.2. The van der Waals surface area contributed by atoms with Crippen molar-refractivity contribution >= 4 is 11.8 Å². The van der Waals surface area contributed by atoms with E-state index in [-0.39, 0.29) is 17.0 Å². The fourth-order valence-corrected chi connectivity index (χ4v) is 2.36. The van der Waals surface area contributed by atoms with Gasteiger partial charge in [0, 0.05) is 11.3 Å². The number of allylic oxidation sites excluding steroid dienone is 1. The second-order valence-corrected chi connectivity index (χ2v) is 5.00. The van der Waals surface area contributed by atoms with Crippen LogP contribution in [0.25, 0.3) is 0 Å². The highest BCUT2D eigenvalue weighted by atomic mass is 19.4. The first-order valence-electron chi connectivity index (χ1n) is 6.63. The molecule has 0 unspecified atom stereocenters. The lowest BCUT2D eigenvalue weighted by molar-refractivity contribution is -0.184. The summed E-state index contributed by atoms with van der Waals surface area (Å²) in [5.74, 6) is -2.43. The third-order valence-corrected chi connectivity index (χ3v) is 3.56. The highest BCUT2D eigenvalue weighted by molar-refractivity contribution is 6.04. The highest BCUT2D eigenvalue weighted by Gasteiger charge is 2.67. The van der Waals surface area contributed by atoms with Crippen molar-refractivity contribution in [3.63, 3.8) is 0 Å². The van der Waals surface area contributed by atoms with E-state index in [1.54, 1.807) is 5.32 Å². The van der Waals surface area contributed by atoms with Crippen molar-refractivity contribution in [2.24, 2.45) is 0 Å². The predicted octanol–water partition coefficient (Wildman–Crippen LogP) is 1.65. The molecule has 24 heavy (non-hydrogen) atoms. The van der Waals surface area contributed by atoms with E-state index in [0.29, 0.717) is 0 Å². The van der Waals surface area contributed by atoms with Crippen LogP contribution in [0.15, 0.2) is 35.5 Å². The van der Waals surface area contributed by atoms with E-state index in [1.807, 2.05) is 5.32 Å². The molecule has 1 aromatic rings. The van der Waals surface area contributed by atoms with Gasteiger partial charge in [0.2, 0.25) is 0 Å². The molecule has 0 saturated carbocycles. The zero-order valence-corrected chi connectivity index (χ0v) is 12.6. The number of hydrogen-bond donors (Lipinski definition) is 2. The highest BCUT2D eigenvalue weighted by Crippen LogP contribution is 2.40. The van der Waals surface area contributed by atoms with E-state index in [2.05, 4.69) is 0 Å². The number of alkyl halides is 3. The first kappa shape index (κ1) is 17.3. The summed E-state index contributed by atoms with van der Waals surface area (Å²) in [5.41, 5.74) is -4.72. The molecule has 2 N–H and O–H groups in total. The number of ether oxygens (including phenoxy) is 1. The molecule has 1 aliphatic heterocycles. The Kier molecular flexibility index (Phi) is 4.25. The van der Waals surface area contributed by atoms with Crippen LogP contribution >= 0.6 is 0 Å². The standard InChI is InChI=1S/C15H12F3N3O3/c1-8-11(7-19)14(13(23)20-8,15(16,17)18)21-12(22)9-4-3-5-10(6-9)24-2/h3-6H,1-2H3,(H,20,23)(H,21,22)/t14-/m1/s1. The average molecular weight is 339 g/mol. The maximum absolute atomic E-state index is 13.6. The molecule has 1 aromatic carbocycles. The van der Waals surface area contributed by atoms with Gasteiger partial charge in [-0.25, -0.2) is 0 Å². The number of benzene rings is 1. The fourth-order valence-electron chi connectivity index (χ4n) is 2.36. The van der Waals surface area contributed by atoms with Crippen molar-refractivity contribution in [3.8, 4) is 11.8 Å². The van der Waals surface area contributed by atoms with Gasteiger partial charge in [0.05, 0.1) is 18.8 Å². The second-order valence-electron chi connectivity index (χ2n) is 5.00. The SMILES string of the molecule is COc1cccc(C(=O)N[C@@]2(C(F)(F)F)C(=O)NC(C)=C2C#N)c1. The van der Waals surface area contributed by atoms with Crippen LogP contribution < -0.4 is 15.4 Å². The van der Waals surface area contributed by atoms with Crippen molar-refractivity contribution in [2.45, 2.75) is 18.6 Å². The minimum absolute atomic E-state index is 0.146. The maximum Gasteiger partial charge on any atom is 0.425 e. The monoisotopic (exact) mass is 339 g/mol. The summed E-state index contributed by atoms with van der Waals surface area (Å²) < 4.78 is 45.7. The minimum Gasteiger partial charge on any atom is -0.497 e. The molecule has 0 aromatic heterocycles. The Balaban J connectivity index is 2.50. The largest absolute Gasteiger partial charge is 0.497 e. The van der Waals surface area contributed by atoms with E-state index in [9.17, 15) is 22.8 Å². The number of nitrogens with zero attached hydrogens (tertiary/aromatic N) is 1. The molecule has 6 nitrogen and oxygen atoms in total. The molecule has 9 heteroatoms. The molecule has 2 rings (SSSR count). The van der Waals surface area contributed by atoms with Crippen LogP contribution in [-0.4, -0.2) is 30.6 Å². The molecule has 1 heterocycles. The number of carbonyl (C=O) groups excluding carboxylic acids is 2. The normalized spacial score (nSPS) is 20.4. The van der Waals surface area contributed by atoms with Gasteiger partial charge >= 0.3 is 6.18 Å². The van der Waals surface area contributed by atoms with E-state index in [0.717, 1.165) is 6.92 Å². The summed E-state index contributed by atoms with van der Waals surface area (Å²) in [7, 11) is 1.33. The Morgan fingerprint density at radius 3 is 2.62 bits per heavy atom. The Hall–Kier alpha value is -3.02. The van der Waals surface area contributed by atoms with Crippen molar-refractivity contribution in [3.05, 3.63) is 41.1 Å². The van der Waals surface area contributed by atoms with Crippen LogP contribution in [0.4, 0.5) is 13.2 Å². The zero-order chi connectivity index (χ0) is 18.1. The summed E-state index contributed by atoms with van der Waals surface area (Å²) >= 11 is 0. The predicted molar refractivity (Wildman–Crippen MR) is 75.7 cm³/mol. The number of halogens is 3. The van der Waals surface area contributed by atoms with Gasteiger partial charge in [-0.2, -0.15) is 18.4 Å². The number of carbonyl (C=O) groups is 2. The molecular formula is C15H12F3N3O3. The smallest absolute Gasteiger partial charge is 0.425 e. The number of amides is 2. The van der Waals surface area contributed by atoms with Gasteiger partial charge in [-0.05, 0) is 25.1 Å². The summed E-state index contributed by atoms with van der Waals surface area (Å²) in [6.07, 6.45) is -5.20. The van der Waals surface area contributed by atoms with Crippen LogP contribution in [0.3, 0.4) is 0 Å². The number of nitriles is 1. The summed E-state index contributed by atoms with van der Waals surface area (Å²) in [6, 6.07) is 6.75. The second kappa shape index (κ2) is 5.88. The van der Waals surface area contributed by atoms with Crippen molar-refractivity contribution < 1.29 is 27.5 Å². The third kappa shape index (κ3) is 2.56. The van der Waals surface area contributed by atoms with Crippen molar-refractivity contribution in [1.29, 1.82) is 5.26 Å².